The number of hydrogen-bond donors (Lipinski definition) is 2. The van der Waals surface area contributed by atoms with Crippen molar-refractivity contribution >= 4 is 28.9 Å². The summed E-state index contributed by atoms with van der Waals surface area (Å²) in [5.74, 6) is 0.564. The lowest BCUT2D eigenvalue weighted by Gasteiger charge is -2.33. The van der Waals surface area contributed by atoms with Gasteiger partial charge in [0.05, 0.1) is 11.4 Å². The minimum Gasteiger partial charge on any atom is -0.361 e. The van der Waals surface area contributed by atoms with E-state index in [1.165, 1.54) is 0 Å². The highest BCUT2D eigenvalue weighted by Crippen LogP contribution is 2.32. The zero-order chi connectivity index (χ0) is 20.7. The topological polar surface area (TPSA) is 100 Å². The minimum atomic E-state index is -0.273. The van der Waals surface area contributed by atoms with Crippen LogP contribution in [0.5, 0.6) is 0 Å². The molecular formula is C21H21N5O3. The first-order valence-electron chi connectivity index (χ1n) is 9.24. The summed E-state index contributed by atoms with van der Waals surface area (Å²) in [5.41, 5.74) is 4.22. The maximum absolute atomic E-state index is 12.8. The second kappa shape index (κ2) is 7.05. The number of fused-ring (bicyclic) bond motifs is 1. The quantitative estimate of drug-likeness (QED) is 0.710. The highest BCUT2D eigenvalue weighted by molar-refractivity contribution is 6.08. The average Bonchev–Trinajstić information content (AvgIpc) is 3.13. The molecule has 1 unspecified atom stereocenters. The van der Waals surface area contributed by atoms with E-state index in [1.54, 1.807) is 25.1 Å². The number of rotatable bonds is 3. The zero-order valence-corrected chi connectivity index (χ0v) is 16.6. The summed E-state index contributed by atoms with van der Waals surface area (Å²) in [6.07, 6.45) is 0. The molecule has 0 saturated carbocycles. The first kappa shape index (κ1) is 18.7. The molecule has 2 amide bonds. The number of carbonyl (C=O) groups is 2. The second-order valence-electron chi connectivity index (χ2n) is 7.14. The van der Waals surface area contributed by atoms with Gasteiger partial charge < -0.3 is 20.1 Å². The van der Waals surface area contributed by atoms with Gasteiger partial charge in [-0.2, -0.15) is 4.98 Å². The van der Waals surface area contributed by atoms with Gasteiger partial charge in [-0.3, -0.25) is 9.59 Å². The van der Waals surface area contributed by atoms with Crippen molar-refractivity contribution in [1.29, 1.82) is 0 Å². The van der Waals surface area contributed by atoms with Crippen molar-refractivity contribution in [3.05, 3.63) is 53.3 Å². The predicted octanol–water partition coefficient (Wildman–Crippen LogP) is 3.38. The summed E-state index contributed by atoms with van der Waals surface area (Å²) in [6.45, 7) is 5.48. The van der Waals surface area contributed by atoms with Gasteiger partial charge in [0.15, 0.2) is 5.82 Å². The highest BCUT2D eigenvalue weighted by Gasteiger charge is 2.27. The van der Waals surface area contributed by atoms with Crippen LogP contribution in [-0.4, -0.2) is 35.0 Å². The van der Waals surface area contributed by atoms with E-state index in [2.05, 4.69) is 20.8 Å². The molecule has 8 nitrogen and oxygen atoms in total. The Labute approximate surface area is 167 Å². The van der Waals surface area contributed by atoms with Crippen LogP contribution in [0.3, 0.4) is 0 Å². The van der Waals surface area contributed by atoms with Crippen molar-refractivity contribution in [2.75, 3.05) is 22.6 Å². The molecule has 0 fully saturated rings. The molecule has 0 spiro atoms. The van der Waals surface area contributed by atoms with E-state index in [0.29, 0.717) is 28.7 Å². The third-order valence-electron chi connectivity index (χ3n) is 5.12. The monoisotopic (exact) mass is 391 g/mol. The van der Waals surface area contributed by atoms with Crippen molar-refractivity contribution in [3.63, 3.8) is 0 Å². The van der Waals surface area contributed by atoms with E-state index in [0.717, 1.165) is 16.8 Å². The van der Waals surface area contributed by atoms with Crippen molar-refractivity contribution in [2.45, 2.75) is 26.8 Å². The van der Waals surface area contributed by atoms with Gasteiger partial charge in [-0.25, -0.2) is 0 Å². The molecule has 2 aromatic carbocycles. The molecular weight excluding hydrogens is 370 g/mol. The van der Waals surface area contributed by atoms with E-state index < -0.39 is 0 Å². The van der Waals surface area contributed by atoms with Crippen LogP contribution in [-0.2, 0) is 4.79 Å². The van der Waals surface area contributed by atoms with Crippen molar-refractivity contribution in [2.24, 2.45) is 0 Å². The Morgan fingerprint density at radius 3 is 2.72 bits per heavy atom. The van der Waals surface area contributed by atoms with Crippen LogP contribution in [0.1, 0.15) is 28.7 Å². The van der Waals surface area contributed by atoms with E-state index >= 15 is 0 Å². The number of amides is 2. The van der Waals surface area contributed by atoms with Crippen LogP contribution in [0.2, 0.25) is 0 Å². The van der Waals surface area contributed by atoms with Crippen LogP contribution in [0.4, 0.5) is 17.1 Å². The fraction of sp³-hybridized carbons (Fsp3) is 0.238. The molecule has 148 valence electrons. The van der Waals surface area contributed by atoms with Crippen molar-refractivity contribution < 1.29 is 14.1 Å². The SMILES string of the molecule is Cc1noc(-c2ccc(C)c(NC(=O)c3ccc4c(c3)NC(=O)C(C)N4C)c2)n1. The lowest BCUT2D eigenvalue weighted by Crippen LogP contribution is -2.43. The Hall–Kier alpha value is -3.68. The Bertz CT molecular complexity index is 1120. The van der Waals surface area contributed by atoms with Gasteiger partial charge in [-0.15, -0.1) is 0 Å². The second-order valence-corrected chi connectivity index (χ2v) is 7.14. The molecule has 2 N–H and O–H groups in total. The summed E-state index contributed by atoms with van der Waals surface area (Å²) in [5, 5.41) is 9.58. The normalized spacial score (nSPS) is 15.7. The number of nitrogens with one attached hydrogen (secondary N) is 2. The number of carbonyl (C=O) groups excluding carboxylic acids is 2. The number of anilines is 3. The van der Waals surface area contributed by atoms with E-state index in [9.17, 15) is 9.59 Å². The molecule has 3 aromatic rings. The smallest absolute Gasteiger partial charge is 0.257 e. The lowest BCUT2D eigenvalue weighted by molar-refractivity contribution is -0.117. The first-order valence-corrected chi connectivity index (χ1v) is 9.24. The Kier molecular flexibility index (Phi) is 4.54. The number of nitrogens with zero attached hydrogens (tertiary/aromatic N) is 3. The lowest BCUT2D eigenvalue weighted by atomic mass is 10.1. The van der Waals surface area contributed by atoms with Gasteiger partial charge in [0.1, 0.15) is 6.04 Å². The fourth-order valence-corrected chi connectivity index (χ4v) is 3.21. The number of hydrogen-bond acceptors (Lipinski definition) is 6. The number of likely N-dealkylation sites (N-methyl/N-ethyl adjacent to an activating group) is 1. The molecule has 4 rings (SSSR count). The molecule has 1 atom stereocenters. The van der Waals surface area contributed by atoms with Gasteiger partial charge in [0.25, 0.3) is 11.8 Å². The van der Waals surface area contributed by atoms with Crippen LogP contribution in [0, 0.1) is 13.8 Å². The third-order valence-corrected chi connectivity index (χ3v) is 5.12. The van der Waals surface area contributed by atoms with E-state index in [1.807, 2.05) is 44.0 Å². The molecule has 0 bridgehead atoms. The summed E-state index contributed by atoms with van der Waals surface area (Å²) < 4.78 is 5.21. The van der Waals surface area contributed by atoms with Crippen molar-refractivity contribution in [1.82, 2.24) is 10.1 Å². The molecule has 8 heteroatoms. The average molecular weight is 391 g/mol. The van der Waals surface area contributed by atoms with Crippen molar-refractivity contribution in [3.8, 4) is 11.5 Å². The van der Waals surface area contributed by atoms with Gasteiger partial charge in [-0.05, 0) is 56.7 Å². The maximum Gasteiger partial charge on any atom is 0.257 e. The number of benzene rings is 2. The summed E-state index contributed by atoms with van der Waals surface area (Å²) in [4.78, 5) is 31.0. The largest absolute Gasteiger partial charge is 0.361 e. The van der Waals surface area contributed by atoms with Gasteiger partial charge >= 0.3 is 0 Å². The first-order chi connectivity index (χ1) is 13.8. The van der Waals surface area contributed by atoms with Gasteiger partial charge in [0.2, 0.25) is 5.91 Å². The van der Waals surface area contributed by atoms with Crippen LogP contribution in [0.15, 0.2) is 40.9 Å². The highest BCUT2D eigenvalue weighted by atomic mass is 16.5. The standard InChI is InChI=1S/C21H21N5O3/c1-11-5-6-15(21-22-13(3)25-29-21)10-16(11)23-20(28)14-7-8-18-17(9-14)24-19(27)12(2)26(18)4/h5-10,12H,1-4H3,(H,23,28)(H,24,27). The molecule has 1 aliphatic rings. The summed E-state index contributed by atoms with van der Waals surface area (Å²) in [7, 11) is 1.86. The Morgan fingerprint density at radius 1 is 1.21 bits per heavy atom. The molecule has 2 heterocycles. The van der Waals surface area contributed by atoms with E-state index in [-0.39, 0.29) is 17.9 Å². The fourth-order valence-electron chi connectivity index (χ4n) is 3.21. The van der Waals surface area contributed by atoms with Crippen LogP contribution in [0.25, 0.3) is 11.5 Å². The maximum atomic E-state index is 12.8. The van der Waals surface area contributed by atoms with E-state index in [4.69, 9.17) is 4.52 Å². The molecule has 1 aliphatic heterocycles. The molecule has 29 heavy (non-hydrogen) atoms. The molecule has 0 aliphatic carbocycles. The van der Waals surface area contributed by atoms with Crippen LogP contribution < -0.4 is 15.5 Å². The Balaban J connectivity index is 1.60. The molecule has 0 radical (unpaired) electrons. The molecule has 0 saturated heterocycles. The zero-order valence-electron chi connectivity index (χ0n) is 16.6. The summed E-state index contributed by atoms with van der Waals surface area (Å²) in [6, 6.07) is 10.6. The predicted molar refractivity (Wildman–Crippen MR) is 110 cm³/mol. The molecule has 1 aromatic heterocycles. The number of aryl methyl sites for hydroxylation is 2. The van der Waals surface area contributed by atoms with Crippen LogP contribution >= 0.6 is 0 Å². The number of aromatic nitrogens is 2. The Morgan fingerprint density at radius 2 is 2.00 bits per heavy atom. The van der Waals surface area contributed by atoms with Gasteiger partial charge in [0, 0.05) is 23.9 Å². The summed E-state index contributed by atoms with van der Waals surface area (Å²) >= 11 is 0. The minimum absolute atomic E-state index is 0.101. The van der Waals surface area contributed by atoms with Gasteiger partial charge in [-0.1, -0.05) is 11.2 Å². The third kappa shape index (κ3) is 3.44.